The first-order valence-corrected chi connectivity index (χ1v) is 13.2. The van der Waals surface area contributed by atoms with Crippen molar-refractivity contribution in [1.82, 2.24) is 14.6 Å². The number of hydrogen-bond acceptors (Lipinski definition) is 6. The number of aromatic nitrogens is 3. The van der Waals surface area contributed by atoms with Gasteiger partial charge in [0.25, 0.3) is 5.56 Å². The highest BCUT2D eigenvalue weighted by Gasteiger charge is 2.19. The zero-order valence-corrected chi connectivity index (χ0v) is 21.2. The lowest BCUT2D eigenvalue weighted by Crippen LogP contribution is -2.21. The first kappa shape index (κ1) is 24.2. The van der Waals surface area contributed by atoms with Crippen LogP contribution in [0.4, 0.5) is 5.69 Å². The van der Waals surface area contributed by atoms with Crippen molar-refractivity contribution in [2.45, 2.75) is 50.2 Å². The number of carbonyl (C=O) groups is 1. The summed E-state index contributed by atoms with van der Waals surface area (Å²) >= 11 is 3.02. The number of fused-ring (bicyclic) bond motifs is 1. The van der Waals surface area contributed by atoms with Gasteiger partial charge >= 0.3 is 0 Å². The average Bonchev–Trinajstić information content (AvgIpc) is 3.22. The molecule has 1 N–H and O–H groups in total. The van der Waals surface area contributed by atoms with Crippen LogP contribution in [0.1, 0.15) is 49.4 Å². The SMILES string of the molecule is CC[C@@H](C(=O)Nc1ccccc1SCc1cc(=O)n2nc(CC(C)C)sc2n1)c1ccccc1. The predicted octanol–water partition coefficient (Wildman–Crippen LogP) is 5.77. The molecule has 0 fully saturated rings. The molecule has 0 spiro atoms. The number of nitrogens with one attached hydrogen (secondary N) is 1. The molecule has 0 aliphatic rings. The maximum absolute atomic E-state index is 13.1. The standard InChI is InChI=1S/C26H28N4O2S2/c1-4-20(18-10-6-5-7-11-18)25(32)28-21-12-8-9-13-22(21)33-16-19-15-24(31)30-26(27-19)34-23(29-30)14-17(2)3/h5-13,15,17,20H,4,14,16H2,1-3H3,(H,28,32)/t20-/m1/s1. The molecule has 176 valence electrons. The van der Waals surface area contributed by atoms with Crippen LogP contribution in [-0.2, 0) is 17.0 Å². The molecule has 0 radical (unpaired) electrons. The third-order valence-corrected chi connectivity index (χ3v) is 7.41. The van der Waals surface area contributed by atoms with Crippen LogP contribution in [0.2, 0.25) is 0 Å². The van der Waals surface area contributed by atoms with Crippen molar-refractivity contribution in [3.63, 3.8) is 0 Å². The summed E-state index contributed by atoms with van der Waals surface area (Å²) in [6, 6.07) is 19.1. The fourth-order valence-corrected chi connectivity index (χ4v) is 5.76. The molecule has 2 aromatic heterocycles. The molecule has 4 rings (SSSR count). The number of rotatable bonds is 9. The Kier molecular flexibility index (Phi) is 7.80. The molecule has 0 bridgehead atoms. The Morgan fingerprint density at radius 2 is 1.85 bits per heavy atom. The number of carbonyl (C=O) groups excluding carboxylic acids is 1. The van der Waals surface area contributed by atoms with Gasteiger partial charge in [-0.1, -0.05) is 74.6 Å². The molecule has 6 nitrogen and oxygen atoms in total. The van der Waals surface area contributed by atoms with Crippen LogP contribution >= 0.6 is 23.1 Å². The normalized spacial score (nSPS) is 12.2. The summed E-state index contributed by atoms with van der Waals surface area (Å²) in [7, 11) is 0. The van der Waals surface area contributed by atoms with Crippen LogP contribution in [-0.4, -0.2) is 20.5 Å². The molecular formula is C26H28N4O2S2. The van der Waals surface area contributed by atoms with Gasteiger partial charge in [0.2, 0.25) is 10.9 Å². The van der Waals surface area contributed by atoms with Crippen molar-refractivity contribution in [2.24, 2.45) is 5.92 Å². The summed E-state index contributed by atoms with van der Waals surface area (Å²) in [6.07, 6.45) is 1.54. The topological polar surface area (TPSA) is 76.4 Å². The van der Waals surface area contributed by atoms with Crippen LogP contribution in [0.3, 0.4) is 0 Å². The minimum Gasteiger partial charge on any atom is -0.325 e. The average molecular weight is 493 g/mol. The van der Waals surface area contributed by atoms with Gasteiger partial charge in [0.05, 0.1) is 17.3 Å². The number of anilines is 1. The Labute approximate surface area is 207 Å². The number of nitrogens with zero attached hydrogens (tertiary/aromatic N) is 3. The lowest BCUT2D eigenvalue weighted by Gasteiger charge is -2.17. The minimum atomic E-state index is -0.213. The molecule has 2 heterocycles. The molecule has 0 aliphatic carbocycles. The van der Waals surface area contributed by atoms with Gasteiger partial charge in [0.1, 0.15) is 5.01 Å². The Morgan fingerprint density at radius 3 is 2.59 bits per heavy atom. The second-order valence-electron chi connectivity index (χ2n) is 8.52. The summed E-state index contributed by atoms with van der Waals surface area (Å²) < 4.78 is 1.39. The highest BCUT2D eigenvalue weighted by molar-refractivity contribution is 7.98. The quantitative estimate of drug-likeness (QED) is 0.300. The van der Waals surface area contributed by atoms with Crippen LogP contribution in [0.5, 0.6) is 0 Å². The molecule has 34 heavy (non-hydrogen) atoms. The zero-order valence-electron chi connectivity index (χ0n) is 19.5. The molecule has 0 unspecified atom stereocenters. The van der Waals surface area contributed by atoms with Crippen molar-refractivity contribution in [3.05, 3.63) is 87.3 Å². The van der Waals surface area contributed by atoms with Gasteiger partial charge in [-0.05, 0) is 30.0 Å². The van der Waals surface area contributed by atoms with Gasteiger partial charge in [-0.3, -0.25) is 9.59 Å². The first-order valence-electron chi connectivity index (χ1n) is 11.4. The molecule has 0 aliphatic heterocycles. The van der Waals surface area contributed by atoms with Gasteiger partial charge < -0.3 is 5.32 Å². The summed E-state index contributed by atoms with van der Waals surface area (Å²) in [5, 5.41) is 8.44. The number of benzene rings is 2. The highest BCUT2D eigenvalue weighted by Crippen LogP contribution is 2.31. The molecule has 0 saturated heterocycles. The van der Waals surface area contributed by atoms with E-state index in [0.29, 0.717) is 28.7 Å². The number of amides is 1. The Bertz CT molecular complexity index is 1330. The Balaban J connectivity index is 1.50. The maximum Gasteiger partial charge on any atom is 0.275 e. The molecule has 8 heteroatoms. The molecular weight excluding hydrogens is 464 g/mol. The molecule has 2 aromatic carbocycles. The van der Waals surface area contributed by atoms with Crippen molar-refractivity contribution in [2.75, 3.05) is 5.32 Å². The molecule has 1 atom stereocenters. The van der Waals surface area contributed by atoms with Crippen molar-refractivity contribution >= 4 is 39.7 Å². The lowest BCUT2D eigenvalue weighted by molar-refractivity contribution is -0.117. The van der Waals surface area contributed by atoms with E-state index in [9.17, 15) is 9.59 Å². The van der Waals surface area contributed by atoms with E-state index in [-0.39, 0.29) is 17.4 Å². The van der Waals surface area contributed by atoms with E-state index in [2.05, 4.69) is 29.2 Å². The van der Waals surface area contributed by atoms with E-state index < -0.39 is 0 Å². The largest absolute Gasteiger partial charge is 0.325 e. The van der Waals surface area contributed by atoms with Crippen molar-refractivity contribution in [3.8, 4) is 0 Å². The van der Waals surface area contributed by atoms with E-state index in [1.807, 2.05) is 61.5 Å². The fraction of sp³-hybridized carbons (Fsp3) is 0.308. The summed E-state index contributed by atoms with van der Waals surface area (Å²) in [5.41, 5.74) is 2.31. The van der Waals surface area contributed by atoms with E-state index in [1.165, 1.54) is 15.9 Å². The smallest absolute Gasteiger partial charge is 0.275 e. The molecule has 0 saturated carbocycles. The van der Waals surface area contributed by atoms with Crippen LogP contribution in [0, 0.1) is 5.92 Å². The fourth-order valence-electron chi connectivity index (χ4n) is 3.73. The van der Waals surface area contributed by atoms with Gasteiger partial charge in [0.15, 0.2) is 0 Å². The van der Waals surface area contributed by atoms with Crippen LogP contribution in [0.15, 0.2) is 70.4 Å². The molecule has 4 aromatic rings. The monoisotopic (exact) mass is 492 g/mol. The highest BCUT2D eigenvalue weighted by atomic mass is 32.2. The zero-order chi connectivity index (χ0) is 24.1. The minimum absolute atomic E-state index is 0.0260. The maximum atomic E-state index is 13.1. The number of para-hydroxylation sites is 1. The first-order chi connectivity index (χ1) is 16.4. The van der Waals surface area contributed by atoms with Gasteiger partial charge in [-0.15, -0.1) is 11.8 Å². The van der Waals surface area contributed by atoms with Gasteiger partial charge in [-0.2, -0.15) is 9.61 Å². The van der Waals surface area contributed by atoms with E-state index in [4.69, 9.17) is 0 Å². The predicted molar refractivity (Wildman–Crippen MR) is 140 cm³/mol. The Morgan fingerprint density at radius 1 is 1.12 bits per heavy atom. The molecule has 1 amide bonds. The second kappa shape index (κ2) is 11.0. The summed E-state index contributed by atoms with van der Waals surface area (Å²) in [6.45, 7) is 6.27. The van der Waals surface area contributed by atoms with Gasteiger partial charge in [0, 0.05) is 23.1 Å². The lowest BCUT2D eigenvalue weighted by atomic mass is 9.95. The van der Waals surface area contributed by atoms with Crippen LogP contribution in [0.25, 0.3) is 4.96 Å². The summed E-state index contributed by atoms with van der Waals surface area (Å²) in [4.78, 5) is 31.8. The van der Waals surface area contributed by atoms with Crippen molar-refractivity contribution in [1.29, 1.82) is 0 Å². The van der Waals surface area contributed by atoms with E-state index in [1.54, 1.807) is 17.8 Å². The van der Waals surface area contributed by atoms with Crippen molar-refractivity contribution < 1.29 is 4.79 Å². The Hall–Kier alpha value is -2.97. The number of thioether (sulfide) groups is 1. The third-order valence-electron chi connectivity index (χ3n) is 5.37. The third kappa shape index (κ3) is 5.74. The van der Waals surface area contributed by atoms with E-state index >= 15 is 0 Å². The second-order valence-corrected chi connectivity index (χ2v) is 10.6. The summed E-state index contributed by atoms with van der Waals surface area (Å²) in [5.74, 6) is 0.746. The number of hydrogen-bond donors (Lipinski definition) is 1. The van der Waals surface area contributed by atoms with E-state index in [0.717, 1.165) is 27.6 Å². The van der Waals surface area contributed by atoms with Gasteiger partial charge in [-0.25, -0.2) is 4.98 Å². The van der Waals surface area contributed by atoms with Crippen LogP contribution < -0.4 is 10.9 Å².